The molecule has 1 fully saturated rings. The van der Waals surface area contributed by atoms with Gasteiger partial charge in [0.2, 0.25) is 0 Å². The number of esters is 1. The van der Waals surface area contributed by atoms with E-state index in [1.165, 1.54) is 7.11 Å². The Morgan fingerprint density at radius 1 is 1.36 bits per heavy atom. The molecule has 0 aliphatic heterocycles. The lowest BCUT2D eigenvalue weighted by Gasteiger charge is -2.13. The molecular formula is C11H21NO2. The summed E-state index contributed by atoms with van der Waals surface area (Å²) < 4.78 is 4.77. The highest BCUT2D eigenvalue weighted by Gasteiger charge is 2.68. The molecule has 1 saturated carbocycles. The first-order chi connectivity index (χ1) is 6.30. The van der Waals surface area contributed by atoms with Gasteiger partial charge < -0.3 is 10.5 Å². The lowest BCUT2D eigenvalue weighted by Crippen LogP contribution is -2.29. The number of nitrogens with two attached hydrogens (primary N) is 1. The van der Waals surface area contributed by atoms with Gasteiger partial charge in [-0.05, 0) is 16.7 Å². The number of carbonyl (C=O) groups excluding carboxylic acids is 1. The van der Waals surface area contributed by atoms with Crippen LogP contribution in [0.25, 0.3) is 0 Å². The van der Waals surface area contributed by atoms with E-state index in [1.54, 1.807) is 0 Å². The summed E-state index contributed by atoms with van der Waals surface area (Å²) in [5, 5.41) is 0. The standard InChI is InChI=1S/C11H21NO2/c1-10(2)8(11(10,3)4)7(6-12)9(13)14-5/h7-8H,6,12H2,1-5H3. The maximum absolute atomic E-state index is 11.5. The van der Waals surface area contributed by atoms with Gasteiger partial charge in [-0.25, -0.2) is 0 Å². The number of rotatable bonds is 3. The average molecular weight is 199 g/mol. The zero-order valence-corrected chi connectivity index (χ0v) is 9.76. The quantitative estimate of drug-likeness (QED) is 0.699. The van der Waals surface area contributed by atoms with Gasteiger partial charge in [-0.15, -0.1) is 0 Å². The minimum absolute atomic E-state index is 0.148. The smallest absolute Gasteiger partial charge is 0.310 e. The molecule has 0 radical (unpaired) electrons. The van der Waals surface area contributed by atoms with Crippen LogP contribution in [-0.2, 0) is 9.53 Å². The van der Waals surface area contributed by atoms with E-state index in [9.17, 15) is 4.79 Å². The van der Waals surface area contributed by atoms with Crippen molar-refractivity contribution >= 4 is 5.97 Å². The summed E-state index contributed by atoms with van der Waals surface area (Å²) in [5.74, 6) is 0.0219. The van der Waals surface area contributed by atoms with Crippen molar-refractivity contribution in [1.82, 2.24) is 0 Å². The Balaban J connectivity index is 2.80. The Morgan fingerprint density at radius 3 is 2.00 bits per heavy atom. The van der Waals surface area contributed by atoms with Gasteiger partial charge in [0.05, 0.1) is 13.0 Å². The second kappa shape index (κ2) is 3.23. The molecule has 0 aromatic rings. The highest BCUT2D eigenvalue weighted by molar-refractivity contribution is 5.74. The first kappa shape index (κ1) is 11.5. The van der Waals surface area contributed by atoms with Gasteiger partial charge in [0.15, 0.2) is 0 Å². The van der Waals surface area contributed by atoms with Crippen LogP contribution in [0.15, 0.2) is 0 Å². The van der Waals surface area contributed by atoms with E-state index in [4.69, 9.17) is 10.5 Å². The van der Waals surface area contributed by atoms with E-state index in [0.29, 0.717) is 12.5 Å². The van der Waals surface area contributed by atoms with Crippen LogP contribution in [0, 0.1) is 22.7 Å². The Kier molecular flexibility index (Phi) is 2.65. The van der Waals surface area contributed by atoms with Gasteiger partial charge in [0, 0.05) is 6.54 Å². The van der Waals surface area contributed by atoms with Crippen molar-refractivity contribution in [2.75, 3.05) is 13.7 Å². The fourth-order valence-corrected chi connectivity index (χ4v) is 2.77. The molecule has 1 aliphatic carbocycles. The van der Waals surface area contributed by atoms with Gasteiger partial charge in [0.1, 0.15) is 0 Å². The molecule has 82 valence electrons. The third-order valence-electron chi connectivity index (χ3n) is 4.29. The van der Waals surface area contributed by atoms with Crippen LogP contribution in [0.3, 0.4) is 0 Å². The van der Waals surface area contributed by atoms with E-state index < -0.39 is 0 Å². The molecule has 1 aliphatic rings. The topological polar surface area (TPSA) is 52.3 Å². The molecule has 3 nitrogen and oxygen atoms in total. The Hall–Kier alpha value is -0.570. The van der Waals surface area contributed by atoms with E-state index in [0.717, 1.165) is 0 Å². The van der Waals surface area contributed by atoms with Crippen molar-refractivity contribution < 1.29 is 9.53 Å². The number of hydrogen-bond acceptors (Lipinski definition) is 3. The van der Waals surface area contributed by atoms with E-state index >= 15 is 0 Å². The molecule has 3 heteroatoms. The molecule has 0 aromatic carbocycles. The summed E-state index contributed by atoms with van der Waals surface area (Å²) in [6.07, 6.45) is 0. The van der Waals surface area contributed by atoms with E-state index in [2.05, 4.69) is 27.7 Å². The van der Waals surface area contributed by atoms with Crippen LogP contribution >= 0.6 is 0 Å². The van der Waals surface area contributed by atoms with Gasteiger partial charge in [-0.3, -0.25) is 4.79 Å². The fourth-order valence-electron chi connectivity index (χ4n) is 2.77. The zero-order chi connectivity index (χ0) is 11.1. The van der Waals surface area contributed by atoms with Gasteiger partial charge >= 0.3 is 5.97 Å². The van der Waals surface area contributed by atoms with Gasteiger partial charge in [-0.2, -0.15) is 0 Å². The Morgan fingerprint density at radius 2 is 1.79 bits per heavy atom. The summed E-state index contributed by atoms with van der Waals surface area (Å²) in [7, 11) is 1.42. The molecule has 1 unspecified atom stereocenters. The molecule has 1 rings (SSSR count). The zero-order valence-electron chi connectivity index (χ0n) is 9.76. The molecule has 0 aromatic heterocycles. The number of ether oxygens (including phenoxy) is 1. The first-order valence-electron chi connectivity index (χ1n) is 5.08. The van der Waals surface area contributed by atoms with Crippen LogP contribution in [0.4, 0.5) is 0 Å². The van der Waals surface area contributed by atoms with Gasteiger partial charge in [-0.1, -0.05) is 27.7 Å². The predicted octanol–water partition coefficient (Wildman–Crippen LogP) is 1.42. The van der Waals surface area contributed by atoms with Crippen molar-refractivity contribution in [2.45, 2.75) is 27.7 Å². The molecule has 0 spiro atoms. The van der Waals surface area contributed by atoms with Crippen LogP contribution in [0.5, 0.6) is 0 Å². The van der Waals surface area contributed by atoms with E-state index in [1.807, 2.05) is 0 Å². The maximum atomic E-state index is 11.5. The number of methoxy groups -OCH3 is 1. The number of hydrogen-bond donors (Lipinski definition) is 1. The lowest BCUT2D eigenvalue weighted by atomic mass is 9.97. The molecule has 2 N–H and O–H groups in total. The number of carbonyl (C=O) groups is 1. The summed E-state index contributed by atoms with van der Waals surface area (Å²) in [4.78, 5) is 11.5. The summed E-state index contributed by atoms with van der Waals surface area (Å²) in [6, 6.07) is 0. The van der Waals surface area contributed by atoms with Crippen LogP contribution in [0.2, 0.25) is 0 Å². The Bertz CT molecular complexity index is 232. The first-order valence-corrected chi connectivity index (χ1v) is 5.08. The highest BCUT2D eigenvalue weighted by atomic mass is 16.5. The summed E-state index contributed by atoms with van der Waals surface area (Å²) in [5.41, 5.74) is 6.00. The molecule has 0 bridgehead atoms. The van der Waals surface area contributed by atoms with Crippen molar-refractivity contribution in [2.24, 2.45) is 28.4 Å². The third kappa shape index (κ3) is 1.34. The van der Waals surface area contributed by atoms with Crippen molar-refractivity contribution in [3.63, 3.8) is 0 Å². The largest absolute Gasteiger partial charge is 0.469 e. The molecule has 0 heterocycles. The SMILES string of the molecule is COC(=O)C(CN)C1C(C)(C)C1(C)C. The molecule has 0 saturated heterocycles. The normalized spacial score (nSPS) is 25.6. The summed E-state index contributed by atoms with van der Waals surface area (Å²) in [6.45, 7) is 9.11. The molecule has 14 heavy (non-hydrogen) atoms. The minimum atomic E-state index is -0.170. The van der Waals surface area contributed by atoms with Crippen molar-refractivity contribution in [3.8, 4) is 0 Å². The molecule has 0 amide bonds. The third-order valence-corrected chi connectivity index (χ3v) is 4.29. The second-order valence-electron chi connectivity index (χ2n) is 5.29. The lowest BCUT2D eigenvalue weighted by molar-refractivity contribution is -0.146. The maximum Gasteiger partial charge on any atom is 0.310 e. The second-order valence-corrected chi connectivity index (χ2v) is 5.29. The highest BCUT2D eigenvalue weighted by Crippen LogP contribution is 2.71. The van der Waals surface area contributed by atoms with Crippen LogP contribution in [-0.4, -0.2) is 19.6 Å². The minimum Gasteiger partial charge on any atom is -0.469 e. The van der Waals surface area contributed by atoms with Crippen molar-refractivity contribution in [1.29, 1.82) is 0 Å². The average Bonchev–Trinajstić information content (AvgIpc) is 2.48. The van der Waals surface area contributed by atoms with E-state index in [-0.39, 0.29) is 22.7 Å². The van der Waals surface area contributed by atoms with Crippen molar-refractivity contribution in [3.05, 3.63) is 0 Å². The summed E-state index contributed by atoms with van der Waals surface area (Å²) >= 11 is 0. The Labute approximate surface area is 86.0 Å². The fraction of sp³-hybridized carbons (Fsp3) is 0.909. The van der Waals surface area contributed by atoms with Crippen LogP contribution < -0.4 is 5.73 Å². The van der Waals surface area contributed by atoms with Crippen LogP contribution in [0.1, 0.15) is 27.7 Å². The molecular weight excluding hydrogens is 178 g/mol. The monoisotopic (exact) mass is 199 g/mol. The predicted molar refractivity (Wildman–Crippen MR) is 55.6 cm³/mol. The van der Waals surface area contributed by atoms with Gasteiger partial charge in [0.25, 0.3) is 0 Å². The molecule has 1 atom stereocenters.